The molecule has 1 aliphatic heterocycles. The molecule has 2 aromatic rings. The summed E-state index contributed by atoms with van der Waals surface area (Å²) in [7, 11) is 0. The number of hydrazine groups is 1. The van der Waals surface area contributed by atoms with Gasteiger partial charge in [-0.25, -0.2) is 5.43 Å². The van der Waals surface area contributed by atoms with Crippen molar-refractivity contribution in [1.29, 1.82) is 0 Å². The molecule has 1 unspecified atom stereocenters. The number of pyridine rings is 1. The summed E-state index contributed by atoms with van der Waals surface area (Å²) in [5.41, 5.74) is 4.49. The van der Waals surface area contributed by atoms with Crippen molar-refractivity contribution in [2.45, 2.75) is 79.0 Å². The Morgan fingerprint density at radius 1 is 1.23 bits per heavy atom. The van der Waals surface area contributed by atoms with Gasteiger partial charge in [0.15, 0.2) is 0 Å². The van der Waals surface area contributed by atoms with Gasteiger partial charge in [0.2, 0.25) is 5.91 Å². The molecule has 1 aromatic carbocycles. The van der Waals surface area contributed by atoms with E-state index in [-0.39, 0.29) is 23.1 Å². The van der Waals surface area contributed by atoms with Crippen LogP contribution in [0.1, 0.15) is 65.6 Å². The topological polar surface area (TPSA) is 121 Å². The summed E-state index contributed by atoms with van der Waals surface area (Å²) in [5, 5.41) is 15.5. The van der Waals surface area contributed by atoms with Gasteiger partial charge in [-0.15, -0.1) is 0 Å². The van der Waals surface area contributed by atoms with Crippen LogP contribution in [0.15, 0.2) is 36.5 Å². The molecule has 0 aliphatic carbocycles. The lowest BCUT2D eigenvalue weighted by Gasteiger charge is -2.34. The number of carboxylic acids is 1. The molecule has 3 N–H and O–H groups in total. The predicted octanol–water partition coefficient (Wildman–Crippen LogP) is 3.96. The fraction of sp³-hybridized carbons (Fsp3) is 0.533. The molecule has 1 fully saturated rings. The molecule has 0 radical (unpaired) electrons. The van der Waals surface area contributed by atoms with Crippen LogP contribution in [0.2, 0.25) is 0 Å². The van der Waals surface area contributed by atoms with E-state index in [1.807, 2.05) is 46.0 Å². The summed E-state index contributed by atoms with van der Waals surface area (Å²) in [6.07, 6.45) is 7.14. The molecular weight excluding hydrogens is 496 g/mol. The number of hydrogen-bond donors (Lipinski definition) is 3. The number of carboxylic acid groups (broad SMARTS) is 1. The van der Waals surface area contributed by atoms with Gasteiger partial charge in [0.25, 0.3) is 5.91 Å². The first-order chi connectivity index (χ1) is 18.4. The quantitative estimate of drug-likeness (QED) is 0.396. The zero-order valence-corrected chi connectivity index (χ0v) is 23.9. The summed E-state index contributed by atoms with van der Waals surface area (Å²) < 4.78 is 6.09. The highest BCUT2D eigenvalue weighted by molar-refractivity contribution is 5.89. The predicted molar refractivity (Wildman–Crippen MR) is 152 cm³/mol. The van der Waals surface area contributed by atoms with Gasteiger partial charge in [-0.1, -0.05) is 58.9 Å². The molecule has 2 heterocycles. The van der Waals surface area contributed by atoms with E-state index in [0.29, 0.717) is 26.0 Å². The van der Waals surface area contributed by atoms with Gasteiger partial charge in [0, 0.05) is 23.5 Å². The molecule has 9 heteroatoms. The number of amides is 2. The minimum Gasteiger partial charge on any atom is -0.480 e. The van der Waals surface area contributed by atoms with Crippen LogP contribution >= 0.6 is 0 Å². The number of hydrogen-bond acceptors (Lipinski definition) is 6. The van der Waals surface area contributed by atoms with Crippen molar-refractivity contribution < 1.29 is 24.2 Å². The molecule has 0 spiro atoms. The van der Waals surface area contributed by atoms with Crippen molar-refractivity contribution in [2.24, 2.45) is 11.3 Å². The van der Waals surface area contributed by atoms with E-state index in [2.05, 4.69) is 46.9 Å². The van der Waals surface area contributed by atoms with Gasteiger partial charge < -0.3 is 15.2 Å². The van der Waals surface area contributed by atoms with Gasteiger partial charge in [-0.2, -0.15) is 0 Å². The Hall–Kier alpha value is -3.30. The van der Waals surface area contributed by atoms with E-state index in [9.17, 15) is 19.5 Å². The SMILES string of the molecule is CCc1ccc2cnc(/C=C/C(C)(C)COC(C(=O)N[C@@H](C)C(=O)N3CCC[C@@H](C(=O)O)N3)C(C)C)cc2c1. The molecular formula is C30H42N4O5. The fourth-order valence-corrected chi connectivity index (χ4v) is 4.47. The molecule has 0 bridgehead atoms. The zero-order valence-electron chi connectivity index (χ0n) is 23.9. The maximum atomic E-state index is 13.1. The first-order valence-corrected chi connectivity index (χ1v) is 13.7. The number of nitrogens with zero attached hydrogens (tertiary/aromatic N) is 2. The van der Waals surface area contributed by atoms with Gasteiger partial charge in [-0.05, 0) is 55.2 Å². The van der Waals surface area contributed by atoms with Crippen molar-refractivity contribution in [3.63, 3.8) is 0 Å². The lowest BCUT2D eigenvalue weighted by molar-refractivity contribution is -0.150. The lowest BCUT2D eigenvalue weighted by atomic mass is 9.93. The Morgan fingerprint density at radius 2 is 1.97 bits per heavy atom. The summed E-state index contributed by atoms with van der Waals surface area (Å²) >= 11 is 0. The Morgan fingerprint density at radius 3 is 2.64 bits per heavy atom. The van der Waals surface area contributed by atoms with Crippen molar-refractivity contribution in [3.8, 4) is 0 Å². The summed E-state index contributed by atoms with van der Waals surface area (Å²) in [5.74, 6) is -1.88. The van der Waals surface area contributed by atoms with E-state index in [1.165, 1.54) is 10.6 Å². The summed E-state index contributed by atoms with van der Waals surface area (Å²) in [6.45, 7) is 12.3. The molecule has 39 heavy (non-hydrogen) atoms. The van der Waals surface area contributed by atoms with Crippen molar-refractivity contribution in [3.05, 3.63) is 47.8 Å². The first-order valence-electron chi connectivity index (χ1n) is 13.7. The molecule has 1 aromatic heterocycles. The Bertz CT molecular complexity index is 1210. The first kappa shape index (κ1) is 30.2. The molecule has 1 aliphatic rings. The van der Waals surface area contributed by atoms with Gasteiger partial charge in [-0.3, -0.25) is 24.4 Å². The average Bonchev–Trinajstić information content (AvgIpc) is 2.90. The number of nitrogens with one attached hydrogen (secondary N) is 2. The van der Waals surface area contributed by atoms with E-state index < -0.39 is 24.2 Å². The molecule has 3 atom stereocenters. The third-order valence-electron chi connectivity index (χ3n) is 6.90. The molecule has 9 nitrogen and oxygen atoms in total. The highest BCUT2D eigenvalue weighted by Gasteiger charge is 2.32. The maximum Gasteiger partial charge on any atom is 0.322 e. The number of carbonyl (C=O) groups excluding carboxylic acids is 2. The van der Waals surface area contributed by atoms with Crippen LogP contribution in [-0.2, 0) is 25.5 Å². The van der Waals surface area contributed by atoms with Gasteiger partial charge in [0.1, 0.15) is 18.2 Å². The number of fused-ring (bicyclic) bond motifs is 1. The number of ether oxygens (including phenoxy) is 1. The van der Waals surface area contributed by atoms with Crippen LogP contribution in [0.3, 0.4) is 0 Å². The smallest absolute Gasteiger partial charge is 0.322 e. The number of aromatic nitrogens is 1. The third-order valence-corrected chi connectivity index (χ3v) is 6.90. The van der Waals surface area contributed by atoms with Crippen LogP contribution in [-0.4, -0.2) is 64.2 Å². The second-order valence-electron chi connectivity index (χ2n) is 11.3. The van der Waals surface area contributed by atoms with E-state index in [4.69, 9.17) is 4.74 Å². The van der Waals surface area contributed by atoms with Crippen LogP contribution in [0, 0.1) is 11.3 Å². The Kier molecular flexibility index (Phi) is 10.2. The van der Waals surface area contributed by atoms with Crippen molar-refractivity contribution in [2.75, 3.05) is 13.2 Å². The highest BCUT2D eigenvalue weighted by atomic mass is 16.5. The second kappa shape index (κ2) is 13.2. The molecule has 0 saturated carbocycles. The summed E-state index contributed by atoms with van der Waals surface area (Å²) in [6, 6.07) is 6.83. The summed E-state index contributed by atoms with van der Waals surface area (Å²) in [4.78, 5) is 41.8. The molecule has 1 saturated heterocycles. The Labute approximate surface area is 231 Å². The maximum absolute atomic E-state index is 13.1. The number of benzene rings is 1. The van der Waals surface area contributed by atoms with E-state index in [1.54, 1.807) is 6.92 Å². The number of aryl methyl sites for hydroxylation is 1. The van der Waals surface area contributed by atoms with Crippen molar-refractivity contribution in [1.82, 2.24) is 20.7 Å². The average molecular weight is 539 g/mol. The van der Waals surface area contributed by atoms with Crippen LogP contribution in [0.5, 0.6) is 0 Å². The minimum absolute atomic E-state index is 0.119. The molecule has 2 amide bonds. The van der Waals surface area contributed by atoms with Crippen LogP contribution < -0.4 is 10.7 Å². The van der Waals surface area contributed by atoms with E-state index >= 15 is 0 Å². The second-order valence-corrected chi connectivity index (χ2v) is 11.3. The van der Waals surface area contributed by atoms with Crippen molar-refractivity contribution >= 4 is 34.6 Å². The van der Waals surface area contributed by atoms with Crippen LogP contribution in [0.4, 0.5) is 0 Å². The standard InChI is InChI=1S/C30H42N4O5/c1-7-21-10-11-22-17-31-24(16-23(22)15-21)12-13-30(5,6)18-39-26(19(2)3)27(35)32-20(4)28(36)34-14-8-9-25(33-34)29(37)38/h10-13,15-17,19-20,25-26,33H,7-9,14,18H2,1-6H3,(H,32,35)(H,37,38)/b13-12+/t20-,25-,26?/m0/s1. The van der Waals surface area contributed by atoms with Gasteiger partial charge in [0.05, 0.1) is 12.3 Å². The fourth-order valence-electron chi connectivity index (χ4n) is 4.47. The largest absolute Gasteiger partial charge is 0.480 e. The zero-order chi connectivity index (χ0) is 28.7. The monoisotopic (exact) mass is 538 g/mol. The number of carbonyl (C=O) groups is 3. The lowest BCUT2D eigenvalue weighted by Crippen LogP contribution is -2.60. The minimum atomic E-state index is -1.00. The van der Waals surface area contributed by atoms with Crippen LogP contribution in [0.25, 0.3) is 16.8 Å². The number of rotatable bonds is 11. The third kappa shape index (κ3) is 8.34. The normalized spacial score (nSPS) is 17.9. The Balaban J connectivity index is 1.59. The van der Waals surface area contributed by atoms with E-state index in [0.717, 1.165) is 22.9 Å². The van der Waals surface area contributed by atoms with Gasteiger partial charge >= 0.3 is 5.97 Å². The number of aliphatic carboxylic acids is 1. The highest BCUT2D eigenvalue weighted by Crippen LogP contribution is 2.23. The molecule has 212 valence electrons. The molecule has 3 rings (SSSR count).